The smallest absolute Gasteiger partial charge is 0.176 e. The van der Waals surface area contributed by atoms with Gasteiger partial charge in [0.05, 0.1) is 6.04 Å². The molecule has 1 aromatic heterocycles. The van der Waals surface area contributed by atoms with E-state index < -0.39 is 0 Å². The van der Waals surface area contributed by atoms with Gasteiger partial charge in [-0.05, 0) is 14.0 Å². The number of carbonyl (C=O) groups excluding carboxylic acids is 1. The summed E-state index contributed by atoms with van der Waals surface area (Å²) in [7, 11) is 1.73. The van der Waals surface area contributed by atoms with Gasteiger partial charge >= 0.3 is 0 Å². The summed E-state index contributed by atoms with van der Waals surface area (Å²) in [5, 5.41) is 16.1. The lowest BCUT2D eigenvalue weighted by Gasteiger charge is -2.08. The van der Waals surface area contributed by atoms with Crippen molar-refractivity contribution in [2.45, 2.75) is 19.4 Å². The van der Waals surface area contributed by atoms with Crippen molar-refractivity contribution in [1.82, 2.24) is 25.9 Å². The van der Waals surface area contributed by atoms with Crippen LogP contribution < -0.4 is 5.32 Å². The van der Waals surface area contributed by atoms with Crippen molar-refractivity contribution < 1.29 is 4.79 Å². The summed E-state index contributed by atoms with van der Waals surface area (Å²) in [5.41, 5.74) is 0. The molecule has 0 aliphatic carbocycles. The average Bonchev–Trinajstić information content (AvgIpc) is 2.51. The van der Waals surface area contributed by atoms with E-state index in [1.807, 2.05) is 0 Å². The van der Waals surface area contributed by atoms with E-state index in [2.05, 4.69) is 25.9 Å². The lowest BCUT2D eigenvalue weighted by Crippen LogP contribution is -2.34. The van der Waals surface area contributed by atoms with Crippen molar-refractivity contribution in [1.29, 1.82) is 0 Å². The Bertz CT molecular complexity index is 244. The Kier molecular flexibility index (Phi) is 2.87. The van der Waals surface area contributed by atoms with Crippen molar-refractivity contribution in [3.8, 4) is 0 Å². The Labute approximate surface area is 69.7 Å². The van der Waals surface area contributed by atoms with Gasteiger partial charge in [0.1, 0.15) is 5.78 Å². The second-order valence-corrected chi connectivity index (χ2v) is 2.48. The van der Waals surface area contributed by atoms with Crippen LogP contribution in [0.3, 0.4) is 0 Å². The van der Waals surface area contributed by atoms with Crippen LogP contribution in [-0.4, -0.2) is 39.5 Å². The van der Waals surface area contributed by atoms with Crippen LogP contribution in [0, 0.1) is 0 Å². The highest BCUT2D eigenvalue weighted by Crippen LogP contribution is 1.94. The topological polar surface area (TPSA) is 83.6 Å². The number of ketones is 1. The number of nitrogens with one attached hydrogen (secondary N) is 2. The largest absolute Gasteiger partial charge is 0.310 e. The lowest BCUT2D eigenvalue weighted by molar-refractivity contribution is -0.118. The quantitative estimate of drug-likeness (QED) is 0.599. The standard InChI is InChI=1S/C6H11N5O/c1-4(12)5(7-2)3-6-8-10-11-9-6/h5,7H,3H2,1-2H3,(H,8,9,10,11)/t5-/m0/s1. The molecule has 2 N–H and O–H groups in total. The molecule has 1 atom stereocenters. The van der Waals surface area contributed by atoms with Crippen molar-refractivity contribution in [2.24, 2.45) is 0 Å². The molecule has 0 fully saturated rings. The fourth-order valence-electron chi connectivity index (χ4n) is 0.901. The van der Waals surface area contributed by atoms with E-state index in [1.165, 1.54) is 6.92 Å². The highest BCUT2D eigenvalue weighted by atomic mass is 16.1. The molecule has 66 valence electrons. The Balaban J connectivity index is 2.54. The van der Waals surface area contributed by atoms with E-state index in [4.69, 9.17) is 0 Å². The third-order valence-corrected chi connectivity index (χ3v) is 1.62. The number of rotatable bonds is 4. The number of aromatic amines is 1. The molecular weight excluding hydrogens is 158 g/mol. The zero-order valence-corrected chi connectivity index (χ0v) is 7.03. The normalized spacial score (nSPS) is 12.8. The summed E-state index contributed by atoms with van der Waals surface area (Å²) in [6, 6.07) is -0.220. The number of hydrogen-bond acceptors (Lipinski definition) is 5. The number of H-pyrrole nitrogens is 1. The van der Waals surface area contributed by atoms with Gasteiger partial charge < -0.3 is 5.32 Å². The summed E-state index contributed by atoms with van der Waals surface area (Å²) < 4.78 is 0. The average molecular weight is 169 g/mol. The minimum absolute atomic E-state index is 0.0716. The van der Waals surface area contributed by atoms with E-state index >= 15 is 0 Å². The number of aromatic nitrogens is 4. The maximum absolute atomic E-state index is 11.0. The number of carbonyl (C=O) groups is 1. The molecule has 0 saturated carbocycles. The van der Waals surface area contributed by atoms with Gasteiger partial charge in [-0.3, -0.25) is 4.79 Å². The number of tetrazole rings is 1. The molecule has 0 aliphatic heterocycles. The number of likely N-dealkylation sites (N-methyl/N-ethyl adjacent to an activating group) is 1. The Morgan fingerprint density at radius 2 is 2.50 bits per heavy atom. The summed E-state index contributed by atoms with van der Waals surface area (Å²) >= 11 is 0. The van der Waals surface area contributed by atoms with Gasteiger partial charge in [0, 0.05) is 6.42 Å². The van der Waals surface area contributed by atoms with Crippen LogP contribution in [0.2, 0.25) is 0 Å². The third-order valence-electron chi connectivity index (χ3n) is 1.62. The van der Waals surface area contributed by atoms with E-state index in [0.29, 0.717) is 12.2 Å². The van der Waals surface area contributed by atoms with Gasteiger partial charge in [0.25, 0.3) is 0 Å². The van der Waals surface area contributed by atoms with Crippen LogP contribution in [0.1, 0.15) is 12.7 Å². The van der Waals surface area contributed by atoms with Gasteiger partial charge in [0.2, 0.25) is 0 Å². The SMILES string of the molecule is CN[C@@H](Cc1nn[nH]n1)C(C)=O. The first-order chi connectivity index (χ1) is 5.74. The first-order valence-electron chi connectivity index (χ1n) is 3.64. The maximum Gasteiger partial charge on any atom is 0.176 e. The Morgan fingerprint density at radius 3 is 2.92 bits per heavy atom. The van der Waals surface area contributed by atoms with Crippen molar-refractivity contribution in [3.05, 3.63) is 5.82 Å². The van der Waals surface area contributed by atoms with E-state index in [1.54, 1.807) is 7.05 Å². The molecule has 6 heteroatoms. The first kappa shape index (κ1) is 8.79. The molecule has 0 saturated heterocycles. The third kappa shape index (κ3) is 2.09. The zero-order chi connectivity index (χ0) is 8.97. The molecule has 0 unspecified atom stereocenters. The summed E-state index contributed by atoms with van der Waals surface area (Å²) in [5.74, 6) is 0.617. The van der Waals surface area contributed by atoms with Crippen LogP contribution in [0.25, 0.3) is 0 Å². The molecule has 12 heavy (non-hydrogen) atoms. The van der Waals surface area contributed by atoms with Crippen LogP contribution in [-0.2, 0) is 11.2 Å². The molecule has 1 heterocycles. The monoisotopic (exact) mass is 169 g/mol. The predicted octanol–water partition coefficient (Wildman–Crippen LogP) is -1.08. The van der Waals surface area contributed by atoms with Gasteiger partial charge in [-0.2, -0.15) is 5.21 Å². The van der Waals surface area contributed by atoms with Crippen molar-refractivity contribution in [2.75, 3.05) is 7.05 Å². The van der Waals surface area contributed by atoms with E-state index in [9.17, 15) is 4.79 Å². The molecule has 0 aliphatic rings. The minimum Gasteiger partial charge on any atom is -0.310 e. The van der Waals surface area contributed by atoms with Crippen LogP contribution in [0.15, 0.2) is 0 Å². The summed E-state index contributed by atoms with van der Waals surface area (Å²) in [6.07, 6.45) is 0.475. The second-order valence-electron chi connectivity index (χ2n) is 2.48. The van der Waals surface area contributed by atoms with Crippen LogP contribution in [0.5, 0.6) is 0 Å². The van der Waals surface area contributed by atoms with Crippen LogP contribution >= 0.6 is 0 Å². The van der Waals surface area contributed by atoms with Crippen molar-refractivity contribution >= 4 is 5.78 Å². The molecule has 1 aromatic rings. The van der Waals surface area contributed by atoms with Gasteiger partial charge in [-0.1, -0.05) is 5.21 Å². The fraction of sp³-hybridized carbons (Fsp3) is 0.667. The molecule has 0 spiro atoms. The molecular formula is C6H11N5O. The predicted molar refractivity (Wildman–Crippen MR) is 41.4 cm³/mol. The molecule has 6 nitrogen and oxygen atoms in total. The van der Waals surface area contributed by atoms with Crippen LogP contribution in [0.4, 0.5) is 0 Å². The zero-order valence-electron chi connectivity index (χ0n) is 7.03. The summed E-state index contributed by atoms with van der Waals surface area (Å²) in [6.45, 7) is 1.53. The molecule has 1 rings (SSSR count). The number of hydrogen-bond donors (Lipinski definition) is 2. The molecule has 0 radical (unpaired) electrons. The molecule has 0 bridgehead atoms. The highest BCUT2D eigenvalue weighted by molar-refractivity contribution is 5.81. The number of nitrogens with zero attached hydrogens (tertiary/aromatic N) is 3. The van der Waals surface area contributed by atoms with Gasteiger partial charge in [-0.25, -0.2) is 0 Å². The molecule has 0 amide bonds. The minimum atomic E-state index is -0.220. The maximum atomic E-state index is 11.0. The fourth-order valence-corrected chi connectivity index (χ4v) is 0.901. The van der Waals surface area contributed by atoms with Gasteiger partial charge in [-0.15, -0.1) is 10.2 Å². The Morgan fingerprint density at radius 1 is 1.75 bits per heavy atom. The Hall–Kier alpha value is -1.30. The molecule has 0 aromatic carbocycles. The first-order valence-corrected chi connectivity index (χ1v) is 3.64. The van der Waals surface area contributed by atoms with E-state index in [0.717, 1.165) is 0 Å². The highest BCUT2D eigenvalue weighted by Gasteiger charge is 2.14. The summed E-state index contributed by atoms with van der Waals surface area (Å²) in [4.78, 5) is 11.0. The lowest BCUT2D eigenvalue weighted by atomic mass is 10.1. The second kappa shape index (κ2) is 3.91. The number of Topliss-reactive ketones (excluding diaryl/α,β-unsaturated/α-hetero) is 1. The van der Waals surface area contributed by atoms with Crippen molar-refractivity contribution in [3.63, 3.8) is 0 Å². The van der Waals surface area contributed by atoms with E-state index in [-0.39, 0.29) is 11.8 Å². The van der Waals surface area contributed by atoms with Gasteiger partial charge in [0.15, 0.2) is 5.82 Å².